The summed E-state index contributed by atoms with van der Waals surface area (Å²) in [6.45, 7) is 1.60. The number of hydrogen-bond donors (Lipinski definition) is 1. The van der Waals surface area contributed by atoms with Crippen LogP contribution in [0, 0.1) is 0 Å². The third kappa shape index (κ3) is 4.89. The van der Waals surface area contributed by atoms with Gasteiger partial charge < -0.3 is 10.5 Å². The van der Waals surface area contributed by atoms with Crippen molar-refractivity contribution in [1.82, 2.24) is 0 Å². The molecule has 0 aromatic rings. The summed E-state index contributed by atoms with van der Waals surface area (Å²) in [5, 5.41) is 6.40. The number of carbonyl (C=O) groups is 1. The van der Waals surface area contributed by atoms with Crippen molar-refractivity contribution in [3.63, 3.8) is 0 Å². The monoisotopic (exact) mass is 131 g/mol. The van der Waals surface area contributed by atoms with E-state index < -0.39 is 12.3 Å². The molecular weight excluding hydrogens is 122 g/mol. The van der Waals surface area contributed by atoms with Crippen LogP contribution in [0.3, 0.4) is 0 Å². The number of ether oxygens (including phenoxy) is 1. The van der Waals surface area contributed by atoms with E-state index >= 15 is 0 Å². The molecule has 0 saturated heterocycles. The van der Waals surface area contributed by atoms with Crippen molar-refractivity contribution in [2.75, 3.05) is 7.11 Å². The second-order valence-corrected chi connectivity index (χ2v) is 1.43. The van der Waals surface area contributed by atoms with E-state index in [0.29, 0.717) is 0 Å². The highest BCUT2D eigenvalue weighted by Gasteiger charge is 1.93. The van der Waals surface area contributed by atoms with Crippen molar-refractivity contribution in [2.24, 2.45) is 16.0 Å². The van der Waals surface area contributed by atoms with Crippen molar-refractivity contribution >= 4 is 6.09 Å². The maximum atomic E-state index is 10.2. The summed E-state index contributed by atoms with van der Waals surface area (Å²) < 4.78 is 4.15. The first-order valence-corrected chi connectivity index (χ1v) is 2.41. The van der Waals surface area contributed by atoms with Crippen LogP contribution >= 0.6 is 0 Å². The second kappa shape index (κ2) is 3.96. The lowest BCUT2D eigenvalue weighted by atomic mass is 10.7. The number of nitrogens with zero attached hydrogens (tertiary/aromatic N) is 2. The molecule has 0 heterocycles. The molecule has 2 N–H and O–H groups in total. The number of methoxy groups -OCH3 is 1. The van der Waals surface area contributed by atoms with Crippen LogP contribution in [0.4, 0.5) is 4.79 Å². The first-order chi connectivity index (χ1) is 4.16. The summed E-state index contributed by atoms with van der Waals surface area (Å²) in [5.74, 6) is 0. The molecule has 0 spiro atoms. The van der Waals surface area contributed by atoms with Gasteiger partial charge in [0, 0.05) is 0 Å². The van der Waals surface area contributed by atoms with Gasteiger partial charge in [0.15, 0.2) is 0 Å². The maximum Gasteiger partial charge on any atom is 0.451 e. The molecule has 0 aliphatic carbocycles. The molecule has 0 aromatic carbocycles. The highest BCUT2D eigenvalue weighted by molar-refractivity contribution is 5.67. The highest BCUT2D eigenvalue weighted by atomic mass is 16.5. The minimum Gasteiger partial charge on any atom is -0.450 e. The minimum absolute atomic E-state index is 0.455. The lowest BCUT2D eigenvalue weighted by molar-refractivity contribution is 0.180. The summed E-state index contributed by atoms with van der Waals surface area (Å²) in [7, 11) is 1.22. The molecule has 0 rings (SSSR count). The van der Waals surface area contributed by atoms with E-state index in [1.165, 1.54) is 7.11 Å². The van der Waals surface area contributed by atoms with Gasteiger partial charge in [0.25, 0.3) is 0 Å². The number of nitrogens with two attached hydrogens (primary N) is 1. The molecule has 0 saturated carbocycles. The molecule has 0 bridgehead atoms. The Morgan fingerprint density at radius 1 is 1.78 bits per heavy atom. The molecule has 1 amide bonds. The van der Waals surface area contributed by atoms with Gasteiger partial charge in [0.2, 0.25) is 0 Å². The van der Waals surface area contributed by atoms with Gasteiger partial charge in [-0.2, -0.15) is 5.11 Å². The first kappa shape index (κ1) is 8.03. The Kier molecular flexibility index (Phi) is 3.54. The molecule has 0 aromatic heterocycles. The van der Waals surface area contributed by atoms with Gasteiger partial charge in [-0.1, -0.05) is 5.11 Å². The maximum absolute atomic E-state index is 10.2. The van der Waals surface area contributed by atoms with Crippen LogP contribution in [0.2, 0.25) is 0 Å². The largest absolute Gasteiger partial charge is 0.451 e. The Hall–Kier alpha value is -0.970. The lowest BCUT2D eigenvalue weighted by Crippen LogP contribution is -2.10. The fraction of sp³-hybridized carbons (Fsp3) is 0.750. The predicted octanol–water partition coefficient (Wildman–Crippen LogP) is 0.510. The Morgan fingerprint density at radius 3 is 2.67 bits per heavy atom. The Balaban J connectivity index is 3.57. The van der Waals surface area contributed by atoms with Crippen LogP contribution in [0.5, 0.6) is 0 Å². The van der Waals surface area contributed by atoms with Crippen LogP contribution < -0.4 is 5.73 Å². The summed E-state index contributed by atoms with van der Waals surface area (Å²) in [5.41, 5.74) is 5.13. The fourth-order valence-electron chi connectivity index (χ4n) is 0.179. The zero-order valence-corrected chi connectivity index (χ0v) is 5.37. The summed E-state index contributed by atoms with van der Waals surface area (Å²) in [6, 6.07) is 0. The van der Waals surface area contributed by atoms with Gasteiger partial charge in [-0.15, -0.1) is 0 Å². The Morgan fingerprint density at radius 2 is 2.33 bits per heavy atom. The number of amides is 1. The Labute approximate surface area is 52.9 Å². The van der Waals surface area contributed by atoms with Gasteiger partial charge in [-0.05, 0) is 6.92 Å². The molecule has 52 valence electrons. The number of carbonyl (C=O) groups excluding carboxylic acids is 1. The van der Waals surface area contributed by atoms with E-state index in [9.17, 15) is 4.79 Å². The van der Waals surface area contributed by atoms with Crippen molar-refractivity contribution in [3.05, 3.63) is 0 Å². The van der Waals surface area contributed by atoms with Crippen molar-refractivity contribution in [2.45, 2.75) is 13.1 Å². The molecule has 0 aliphatic heterocycles. The molecule has 5 nitrogen and oxygen atoms in total. The van der Waals surface area contributed by atoms with E-state index in [1.807, 2.05) is 0 Å². The van der Waals surface area contributed by atoms with Crippen molar-refractivity contribution in [3.8, 4) is 0 Å². The van der Waals surface area contributed by atoms with Gasteiger partial charge in [-0.25, -0.2) is 4.79 Å². The second-order valence-electron chi connectivity index (χ2n) is 1.43. The van der Waals surface area contributed by atoms with Gasteiger partial charge in [0.05, 0.1) is 7.11 Å². The van der Waals surface area contributed by atoms with Crippen LogP contribution in [0.15, 0.2) is 10.2 Å². The van der Waals surface area contributed by atoms with Gasteiger partial charge in [0.1, 0.15) is 6.17 Å². The average Bonchev–Trinajstić information content (AvgIpc) is 1.83. The summed E-state index contributed by atoms with van der Waals surface area (Å²) in [6.07, 6.45) is -1.18. The third-order valence-electron chi connectivity index (χ3n) is 0.496. The predicted molar refractivity (Wildman–Crippen MR) is 30.9 cm³/mol. The van der Waals surface area contributed by atoms with Crippen LogP contribution in [0.25, 0.3) is 0 Å². The van der Waals surface area contributed by atoms with Gasteiger partial charge >= 0.3 is 6.09 Å². The fourth-order valence-corrected chi connectivity index (χ4v) is 0.179. The summed E-state index contributed by atoms with van der Waals surface area (Å²) >= 11 is 0. The minimum atomic E-state index is -0.729. The molecular formula is C4H9N3O2. The SMILES string of the molecule is COC(=O)/N=N/C(C)N. The molecule has 1 unspecified atom stereocenters. The van der Waals surface area contributed by atoms with Crippen LogP contribution in [-0.4, -0.2) is 19.4 Å². The van der Waals surface area contributed by atoms with E-state index in [0.717, 1.165) is 0 Å². The zero-order valence-electron chi connectivity index (χ0n) is 5.37. The zero-order chi connectivity index (χ0) is 7.28. The summed E-state index contributed by atoms with van der Waals surface area (Å²) in [4.78, 5) is 10.2. The van der Waals surface area contributed by atoms with E-state index in [-0.39, 0.29) is 0 Å². The van der Waals surface area contributed by atoms with E-state index in [1.54, 1.807) is 6.92 Å². The van der Waals surface area contributed by atoms with E-state index in [4.69, 9.17) is 5.73 Å². The Bertz CT molecular complexity index is 121. The topological polar surface area (TPSA) is 77.0 Å². The van der Waals surface area contributed by atoms with E-state index in [2.05, 4.69) is 15.0 Å². The number of azo groups is 1. The third-order valence-corrected chi connectivity index (χ3v) is 0.496. The molecule has 0 aliphatic rings. The first-order valence-electron chi connectivity index (χ1n) is 2.41. The number of rotatable bonds is 1. The highest BCUT2D eigenvalue weighted by Crippen LogP contribution is 1.84. The molecule has 5 heteroatoms. The standard InChI is InChI=1S/C4H9N3O2/c1-3(5)6-7-4(8)9-2/h3H,5H2,1-2H3/b7-6+. The lowest BCUT2D eigenvalue weighted by Gasteiger charge is -1.91. The molecule has 0 fully saturated rings. The van der Waals surface area contributed by atoms with Crippen molar-refractivity contribution in [1.29, 1.82) is 0 Å². The molecule has 9 heavy (non-hydrogen) atoms. The average molecular weight is 131 g/mol. The normalized spacial score (nSPS) is 13.7. The van der Waals surface area contributed by atoms with Crippen LogP contribution in [-0.2, 0) is 4.74 Å². The van der Waals surface area contributed by atoms with Gasteiger partial charge in [-0.3, -0.25) is 0 Å². The smallest absolute Gasteiger partial charge is 0.450 e. The molecule has 1 atom stereocenters. The molecule has 0 radical (unpaired) electrons. The number of hydrogen-bond acceptors (Lipinski definition) is 4. The van der Waals surface area contributed by atoms with Crippen molar-refractivity contribution < 1.29 is 9.53 Å². The van der Waals surface area contributed by atoms with Crippen LogP contribution in [0.1, 0.15) is 6.92 Å². The quantitative estimate of drug-likeness (QED) is 0.526.